The van der Waals surface area contributed by atoms with E-state index in [0.717, 1.165) is 36.9 Å². The van der Waals surface area contributed by atoms with Crippen LogP contribution in [0, 0.1) is 6.92 Å². The summed E-state index contributed by atoms with van der Waals surface area (Å²) in [6.45, 7) is 38.8. The Labute approximate surface area is 434 Å². The summed E-state index contributed by atoms with van der Waals surface area (Å²) in [4.78, 5) is 5.36. The van der Waals surface area contributed by atoms with Gasteiger partial charge < -0.3 is 14.2 Å². The summed E-state index contributed by atoms with van der Waals surface area (Å²) < 4.78 is 10.4. The van der Waals surface area contributed by atoms with Crippen LogP contribution in [0.15, 0.2) is 95.4 Å². The van der Waals surface area contributed by atoms with Gasteiger partial charge in [0.15, 0.2) is 0 Å². The number of furan rings is 1. The number of thiophene rings is 1. The summed E-state index contributed by atoms with van der Waals surface area (Å²) in [6.07, 6.45) is 7.01. The maximum absolute atomic E-state index is 7.78. The molecule has 4 heterocycles. The molecule has 5 aliphatic rings. The molecular formula is C67H75BN2OS. The van der Waals surface area contributed by atoms with E-state index in [-0.39, 0.29) is 44.6 Å². The van der Waals surface area contributed by atoms with Crippen LogP contribution in [-0.2, 0) is 37.9 Å². The van der Waals surface area contributed by atoms with Crippen LogP contribution >= 0.6 is 11.3 Å². The third kappa shape index (κ3) is 6.46. The summed E-state index contributed by atoms with van der Waals surface area (Å²) in [5.41, 5.74) is 24.1. The van der Waals surface area contributed by atoms with Gasteiger partial charge in [0, 0.05) is 43.6 Å². The van der Waals surface area contributed by atoms with Gasteiger partial charge in [-0.05, 0) is 199 Å². The summed E-state index contributed by atoms with van der Waals surface area (Å²) >= 11 is 1.94. The first kappa shape index (κ1) is 46.5. The monoisotopic (exact) mass is 967 g/mol. The molecule has 0 radical (unpaired) electrons. The van der Waals surface area contributed by atoms with Crippen LogP contribution in [0.5, 0.6) is 0 Å². The second kappa shape index (κ2) is 14.5. The van der Waals surface area contributed by atoms with Crippen LogP contribution in [0.1, 0.15) is 187 Å². The number of hydrogen-bond acceptors (Lipinski definition) is 4. The molecule has 0 atom stereocenters. The fraction of sp³-hybridized carbons (Fsp3) is 0.433. The largest absolute Gasteiger partial charge is 0.468 e. The molecule has 0 amide bonds. The zero-order valence-electron chi connectivity index (χ0n) is 46.2. The van der Waals surface area contributed by atoms with Crippen LogP contribution in [0.2, 0.25) is 0 Å². The Kier molecular flexibility index (Phi) is 9.39. The molecule has 3 aliphatic carbocycles. The van der Waals surface area contributed by atoms with E-state index in [4.69, 9.17) is 4.42 Å². The van der Waals surface area contributed by atoms with E-state index in [0.29, 0.717) is 0 Å². The quantitative estimate of drug-likeness (QED) is 0.161. The van der Waals surface area contributed by atoms with Crippen LogP contribution < -0.4 is 26.4 Å². The first-order chi connectivity index (χ1) is 33.7. The molecule has 0 bridgehead atoms. The summed E-state index contributed by atoms with van der Waals surface area (Å²) in [5.74, 6) is 0. The molecular weight excluding hydrogens is 892 g/mol. The van der Waals surface area contributed by atoms with Crippen molar-refractivity contribution in [2.75, 3.05) is 9.80 Å². The van der Waals surface area contributed by atoms with Gasteiger partial charge in [-0.25, -0.2) is 0 Å². The summed E-state index contributed by atoms with van der Waals surface area (Å²) in [5, 5.41) is 3.88. The molecule has 0 unspecified atom stereocenters. The lowest BCUT2D eigenvalue weighted by molar-refractivity contribution is 0.332. The molecule has 0 saturated carbocycles. The molecule has 6 aromatic carbocycles. The minimum Gasteiger partial charge on any atom is -0.468 e. The molecule has 3 nitrogen and oxygen atoms in total. The van der Waals surface area contributed by atoms with Crippen LogP contribution in [0.4, 0.5) is 34.1 Å². The van der Waals surface area contributed by atoms with E-state index in [2.05, 4.69) is 212 Å². The number of nitrogens with zero attached hydrogens (tertiary/aromatic N) is 2. The molecule has 2 aliphatic heterocycles. The first-order valence-electron chi connectivity index (χ1n) is 27.3. The van der Waals surface area contributed by atoms with Crippen molar-refractivity contribution < 1.29 is 4.42 Å². The van der Waals surface area contributed by atoms with Gasteiger partial charge in [-0.1, -0.05) is 134 Å². The minimum atomic E-state index is -0.117. The molecule has 2 aromatic heterocycles. The highest BCUT2D eigenvalue weighted by atomic mass is 32.1. The van der Waals surface area contributed by atoms with Crippen molar-refractivity contribution >= 4 is 99.9 Å². The van der Waals surface area contributed by atoms with Crippen molar-refractivity contribution in [3.8, 4) is 0 Å². The van der Waals surface area contributed by atoms with Crippen molar-refractivity contribution in [2.45, 2.75) is 187 Å². The van der Waals surface area contributed by atoms with E-state index in [1.165, 1.54) is 128 Å². The lowest BCUT2D eigenvalue weighted by Crippen LogP contribution is -2.61. The number of benzene rings is 6. The van der Waals surface area contributed by atoms with Crippen LogP contribution in [0.25, 0.3) is 31.1 Å². The maximum atomic E-state index is 7.78. The molecule has 0 fully saturated rings. The predicted octanol–water partition coefficient (Wildman–Crippen LogP) is 17.5. The zero-order valence-corrected chi connectivity index (χ0v) is 47.0. The first-order valence-corrected chi connectivity index (χ1v) is 28.1. The number of rotatable bonds is 2. The zero-order chi connectivity index (χ0) is 50.8. The highest BCUT2D eigenvalue weighted by Crippen LogP contribution is 2.56. The lowest BCUT2D eigenvalue weighted by atomic mass is 9.35. The molecule has 8 aromatic rings. The van der Waals surface area contributed by atoms with Crippen molar-refractivity contribution in [2.24, 2.45) is 0 Å². The Morgan fingerprint density at radius 2 is 1.06 bits per heavy atom. The van der Waals surface area contributed by atoms with Gasteiger partial charge >= 0.3 is 0 Å². The standard InChI is InChI=1S/C67H75BN2OS/c1-38-30-53-57-54(31-38)70(51-19-17-18-41-42-32-39(61(2,3)4)20-23-56(42)72-59(41)51)58-43-34-46-49(67(15,16)29-26-64(46,9)10)37-55(43)71-60(58)68(57)50-35-47-48(66(13,14)28-27-65(47,11)12)36-52(50)69(53)40-21-22-44-45(33-40)63(7,8)25-24-62(44,5)6/h17-23,30-37H,24-29H2,1-16H3. The van der Waals surface area contributed by atoms with Gasteiger partial charge in [-0.2, -0.15) is 0 Å². The third-order valence-corrected chi connectivity index (χ3v) is 20.6. The van der Waals surface area contributed by atoms with Crippen molar-refractivity contribution in [3.05, 3.63) is 136 Å². The molecule has 5 heteroatoms. The van der Waals surface area contributed by atoms with Gasteiger partial charge in [0.1, 0.15) is 5.58 Å². The van der Waals surface area contributed by atoms with E-state index >= 15 is 0 Å². The second-order valence-electron chi connectivity index (χ2n) is 28.2. The number of anilines is 6. The Morgan fingerprint density at radius 3 is 1.68 bits per heavy atom. The van der Waals surface area contributed by atoms with Gasteiger partial charge in [0.05, 0.1) is 21.7 Å². The van der Waals surface area contributed by atoms with Crippen LogP contribution in [-0.4, -0.2) is 6.71 Å². The third-order valence-electron chi connectivity index (χ3n) is 19.4. The van der Waals surface area contributed by atoms with E-state index < -0.39 is 0 Å². The topological polar surface area (TPSA) is 19.6 Å². The maximum Gasteiger partial charge on any atom is 0.297 e. The Balaban J connectivity index is 1.17. The molecule has 72 heavy (non-hydrogen) atoms. The molecule has 0 saturated heterocycles. The van der Waals surface area contributed by atoms with Gasteiger partial charge in [0.25, 0.3) is 6.71 Å². The molecule has 0 spiro atoms. The predicted molar refractivity (Wildman–Crippen MR) is 312 cm³/mol. The second-order valence-corrected chi connectivity index (χ2v) is 29.3. The SMILES string of the molecule is Cc1cc2c3c(c1)N(c1cccc4c1sc1ccc(C(C)(C)C)cc14)c1c(oc4cc5c(cc14)C(C)(C)CCC5(C)C)B3c1cc3c(cc1N2c1ccc2c(c1)C(C)(C)CCC2(C)C)C(C)(C)CCC3(C)C. The van der Waals surface area contributed by atoms with E-state index in [1.54, 1.807) is 0 Å². The van der Waals surface area contributed by atoms with Gasteiger partial charge in [0.2, 0.25) is 0 Å². The number of aryl methyl sites for hydroxylation is 1. The van der Waals surface area contributed by atoms with E-state index in [1.807, 2.05) is 11.3 Å². The minimum absolute atomic E-state index is 0.0276. The fourth-order valence-corrected chi connectivity index (χ4v) is 15.6. The molecule has 368 valence electrons. The average molecular weight is 967 g/mol. The Bertz CT molecular complexity index is 3670. The highest BCUT2D eigenvalue weighted by molar-refractivity contribution is 7.26. The fourth-order valence-electron chi connectivity index (χ4n) is 14.4. The van der Waals surface area contributed by atoms with Crippen LogP contribution in [0.3, 0.4) is 0 Å². The van der Waals surface area contributed by atoms with Crippen molar-refractivity contribution in [3.63, 3.8) is 0 Å². The number of fused-ring (bicyclic) bond motifs is 12. The highest BCUT2D eigenvalue weighted by Gasteiger charge is 2.50. The van der Waals surface area contributed by atoms with Crippen molar-refractivity contribution in [1.82, 2.24) is 0 Å². The van der Waals surface area contributed by atoms with Gasteiger partial charge in [-0.15, -0.1) is 11.3 Å². The number of hydrogen-bond donors (Lipinski definition) is 0. The molecule has 0 N–H and O–H groups in total. The summed E-state index contributed by atoms with van der Waals surface area (Å²) in [7, 11) is 0. The van der Waals surface area contributed by atoms with Crippen molar-refractivity contribution in [1.29, 1.82) is 0 Å². The van der Waals surface area contributed by atoms with E-state index in [9.17, 15) is 0 Å². The Hall–Kier alpha value is -5.26. The smallest absolute Gasteiger partial charge is 0.297 e. The Morgan fingerprint density at radius 1 is 0.500 bits per heavy atom. The lowest BCUT2D eigenvalue weighted by Gasteiger charge is -2.47. The summed E-state index contributed by atoms with van der Waals surface area (Å²) in [6, 6.07) is 37.2. The molecule has 13 rings (SSSR count). The average Bonchev–Trinajstić information content (AvgIpc) is 3.88. The van der Waals surface area contributed by atoms with Gasteiger partial charge in [-0.3, -0.25) is 0 Å². The normalized spacial score (nSPS) is 20.5.